The van der Waals surface area contributed by atoms with Gasteiger partial charge in [0.25, 0.3) is 5.91 Å². The molecule has 2 N–H and O–H groups in total. The van der Waals surface area contributed by atoms with Crippen molar-refractivity contribution in [2.75, 3.05) is 12.4 Å². The van der Waals surface area contributed by atoms with Gasteiger partial charge in [0.2, 0.25) is 5.89 Å². The Morgan fingerprint density at radius 3 is 2.73 bits per heavy atom. The van der Waals surface area contributed by atoms with Gasteiger partial charge in [-0.3, -0.25) is 10.1 Å². The SMILES string of the molecule is COc1cccc(C(=O)NC(=S)Nc2cc(-c3nc4ccccc4o3)ccc2Cl)c1. The second-order valence-electron chi connectivity index (χ2n) is 6.32. The third-order valence-corrected chi connectivity index (χ3v) is 4.85. The zero-order valence-electron chi connectivity index (χ0n) is 15.8. The molecule has 3 aromatic carbocycles. The summed E-state index contributed by atoms with van der Waals surface area (Å²) in [5, 5.41) is 6.13. The number of methoxy groups -OCH3 is 1. The molecule has 8 heteroatoms. The lowest BCUT2D eigenvalue weighted by Crippen LogP contribution is -2.34. The number of para-hydroxylation sites is 2. The lowest BCUT2D eigenvalue weighted by atomic mass is 10.2. The van der Waals surface area contributed by atoms with E-state index >= 15 is 0 Å². The molecule has 0 saturated carbocycles. The molecule has 0 saturated heterocycles. The number of nitrogens with zero attached hydrogens (tertiary/aromatic N) is 1. The van der Waals surface area contributed by atoms with Crippen LogP contribution >= 0.6 is 23.8 Å². The smallest absolute Gasteiger partial charge is 0.257 e. The van der Waals surface area contributed by atoms with Crippen molar-refractivity contribution in [2.45, 2.75) is 0 Å². The molecule has 0 unspecified atom stereocenters. The lowest BCUT2D eigenvalue weighted by Gasteiger charge is -2.12. The average molecular weight is 438 g/mol. The highest BCUT2D eigenvalue weighted by Gasteiger charge is 2.13. The van der Waals surface area contributed by atoms with E-state index in [-0.39, 0.29) is 11.0 Å². The summed E-state index contributed by atoms with van der Waals surface area (Å²) in [5.74, 6) is 0.676. The zero-order valence-corrected chi connectivity index (χ0v) is 17.4. The molecule has 4 aromatic rings. The van der Waals surface area contributed by atoms with E-state index in [0.717, 1.165) is 11.1 Å². The van der Waals surface area contributed by atoms with Gasteiger partial charge in [-0.05, 0) is 60.7 Å². The van der Waals surface area contributed by atoms with Gasteiger partial charge in [0.05, 0.1) is 17.8 Å². The van der Waals surface area contributed by atoms with Crippen LogP contribution in [0.1, 0.15) is 10.4 Å². The summed E-state index contributed by atoms with van der Waals surface area (Å²) >= 11 is 11.6. The predicted molar refractivity (Wildman–Crippen MR) is 121 cm³/mol. The van der Waals surface area contributed by atoms with Crippen molar-refractivity contribution < 1.29 is 13.9 Å². The Labute approximate surface area is 182 Å². The second-order valence-corrected chi connectivity index (χ2v) is 7.14. The Morgan fingerprint density at radius 1 is 1.10 bits per heavy atom. The number of ether oxygens (including phenoxy) is 1. The third-order valence-electron chi connectivity index (χ3n) is 4.31. The Hall–Kier alpha value is -3.42. The van der Waals surface area contributed by atoms with Crippen molar-refractivity contribution in [1.29, 1.82) is 0 Å². The van der Waals surface area contributed by atoms with Gasteiger partial charge in [0.15, 0.2) is 10.7 Å². The molecule has 0 bridgehead atoms. The van der Waals surface area contributed by atoms with Gasteiger partial charge in [-0.2, -0.15) is 0 Å². The Morgan fingerprint density at radius 2 is 1.93 bits per heavy atom. The number of halogens is 1. The van der Waals surface area contributed by atoms with Crippen LogP contribution in [-0.4, -0.2) is 23.1 Å². The van der Waals surface area contributed by atoms with Crippen LogP contribution in [0.4, 0.5) is 5.69 Å². The molecule has 6 nitrogen and oxygen atoms in total. The molecule has 0 atom stereocenters. The van der Waals surface area contributed by atoms with E-state index in [4.69, 9.17) is 33.0 Å². The summed E-state index contributed by atoms with van der Waals surface area (Å²) in [5.41, 5.74) is 3.12. The molecule has 1 amide bonds. The molecule has 0 aliphatic carbocycles. The minimum atomic E-state index is -0.363. The van der Waals surface area contributed by atoms with Crippen LogP contribution in [0, 0.1) is 0 Å². The molecule has 150 valence electrons. The van der Waals surface area contributed by atoms with Crippen molar-refractivity contribution >= 4 is 51.6 Å². The van der Waals surface area contributed by atoms with Crippen molar-refractivity contribution in [2.24, 2.45) is 0 Å². The Bertz CT molecular complexity index is 1220. The maximum atomic E-state index is 12.4. The lowest BCUT2D eigenvalue weighted by molar-refractivity contribution is 0.0977. The maximum absolute atomic E-state index is 12.4. The first-order chi connectivity index (χ1) is 14.5. The van der Waals surface area contributed by atoms with Crippen LogP contribution in [0.5, 0.6) is 5.75 Å². The summed E-state index contributed by atoms with van der Waals surface area (Å²) < 4.78 is 10.9. The van der Waals surface area contributed by atoms with Crippen LogP contribution in [0.25, 0.3) is 22.6 Å². The number of hydrogen-bond acceptors (Lipinski definition) is 5. The third kappa shape index (κ3) is 4.27. The van der Waals surface area contributed by atoms with Gasteiger partial charge >= 0.3 is 0 Å². The van der Waals surface area contributed by atoms with Crippen LogP contribution in [0.3, 0.4) is 0 Å². The fourth-order valence-electron chi connectivity index (χ4n) is 2.84. The van der Waals surface area contributed by atoms with Gasteiger partial charge in [0, 0.05) is 11.1 Å². The Kier molecular flexibility index (Phi) is 5.65. The van der Waals surface area contributed by atoms with Crippen molar-refractivity contribution in [3.63, 3.8) is 0 Å². The molecule has 0 fully saturated rings. The van der Waals surface area contributed by atoms with E-state index in [1.54, 1.807) is 42.5 Å². The van der Waals surface area contributed by atoms with Gasteiger partial charge in [-0.25, -0.2) is 4.98 Å². The van der Waals surface area contributed by atoms with Crippen LogP contribution in [-0.2, 0) is 0 Å². The summed E-state index contributed by atoms with van der Waals surface area (Å²) in [6, 6.07) is 19.6. The monoisotopic (exact) mass is 437 g/mol. The van der Waals surface area contributed by atoms with Gasteiger partial charge in [-0.15, -0.1) is 0 Å². The molecule has 30 heavy (non-hydrogen) atoms. The fourth-order valence-corrected chi connectivity index (χ4v) is 3.21. The van der Waals surface area contributed by atoms with Crippen molar-refractivity contribution in [3.05, 3.63) is 77.3 Å². The topological polar surface area (TPSA) is 76.4 Å². The van der Waals surface area contributed by atoms with Gasteiger partial charge < -0.3 is 14.5 Å². The number of thiocarbonyl (C=S) groups is 1. The first-order valence-corrected chi connectivity index (χ1v) is 9.74. The summed E-state index contributed by atoms with van der Waals surface area (Å²) in [4.78, 5) is 16.9. The van der Waals surface area contributed by atoms with E-state index in [1.165, 1.54) is 7.11 Å². The fraction of sp³-hybridized carbons (Fsp3) is 0.0455. The maximum Gasteiger partial charge on any atom is 0.257 e. The van der Waals surface area contributed by atoms with Gasteiger partial charge in [-0.1, -0.05) is 29.8 Å². The highest BCUT2D eigenvalue weighted by Crippen LogP contribution is 2.30. The quantitative estimate of drug-likeness (QED) is 0.423. The van der Waals surface area contributed by atoms with Crippen LogP contribution in [0.15, 0.2) is 71.1 Å². The first-order valence-electron chi connectivity index (χ1n) is 8.95. The highest BCUT2D eigenvalue weighted by atomic mass is 35.5. The number of nitrogens with one attached hydrogen (secondary N) is 2. The first kappa shape index (κ1) is 19.9. The number of aromatic nitrogens is 1. The number of anilines is 1. The van der Waals surface area contributed by atoms with E-state index in [0.29, 0.717) is 33.5 Å². The van der Waals surface area contributed by atoms with Crippen LogP contribution in [0.2, 0.25) is 5.02 Å². The van der Waals surface area contributed by atoms with E-state index in [9.17, 15) is 4.79 Å². The van der Waals surface area contributed by atoms with E-state index in [2.05, 4.69) is 15.6 Å². The second kappa shape index (κ2) is 8.52. The number of benzene rings is 3. The standard InChI is InChI=1S/C22H16ClN3O3S/c1-28-15-6-4-5-13(11-15)20(27)26-22(30)25-18-12-14(9-10-16(18)23)21-24-17-7-2-3-8-19(17)29-21/h2-12H,1H3,(H2,25,26,27,30). The molecular formula is C22H16ClN3O3S. The molecule has 0 aliphatic heterocycles. The summed E-state index contributed by atoms with van der Waals surface area (Å²) in [6.07, 6.45) is 0. The molecule has 0 spiro atoms. The van der Waals surface area contributed by atoms with E-state index < -0.39 is 0 Å². The number of hydrogen-bond donors (Lipinski definition) is 2. The number of rotatable bonds is 4. The summed E-state index contributed by atoms with van der Waals surface area (Å²) in [6.45, 7) is 0. The largest absolute Gasteiger partial charge is 0.497 e. The van der Waals surface area contributed by atoms with Crippen molar-refractivity contribution in [3.8, 4) is 17.2 Å². The Balaban J connectivity index is 1.51. The highest BCUT2D eigenvalue weighted by molar-refractivity contribution is 7.80. The predicted octanol–water partition coefficient (Wildman–Crippen LogP) is 5.28. The molecule has 1 aromatic heterocycles. The van der Waals surface area contributed by atoms with Crippen molar-refractivity contribution in [1.82, 2.24) is 10.3 Å². The minimum absolute atomic E-state index is 0.111. The number of amides is 1. The molecule has 1 heterocycles. The average Bonchev–Trinajstić information content (AvgIpc) is 3.19. The summed E-state index contributed by atoms with van der Waals surface area (Å²) in [7, 11) is 1.54. The normalized spacial score (nSPS) is 10.6. The zero-order chi connectivity index (χ0) is 21.1. The molecule has 0 radical (unpaired) electrons. The number of fused-ring (bicyclic) bond motifs is 1. The number of oxazole rings is 1. The van der Waals surface area contributed by atoms with E-state index in [1.807, 2.05) is 24.3 Å². The van der Waals surface area contributed by atoms with Crippen LogP contribution < -0.4 is 15.4 Å². The number of carbonyl (C=O) groups is 1. The number of carbonyl (C=O) groups excluding carboxylic acids is 1. The minimum Gasteiger partial charge on any atom is -0.497 e. The molecular weight excluding hydrogens is 422 g/mol. The van der Waals surface area contributed by atoms with Gasteiger partial charge in [0.1, 0.15) is 11.3 Å². The molecule has 4 rings (SSSR count). The molecule has 0 aliphatic rings.